The van der Waals surface area contributed by atoms with Crippen LogP contribution in [0, 0.1) is 12.7 Å². The quantitative estimate of drug-likeness (QED) is 0.173. The van der Waals surface area contributed by atoms with Crippen molar-refractivity contribution in [2.45, 2.75) is 97.2 Å². The van der Waals surface area contributed by atoms with Crippen LogP contribution >= 0.6 is 11.6 Å². The predicted octanol–water partition coefficient (Wildman–Crippen LogP) is 7.80. The fraction of sp³-hybridized carbons (Fsp3) is 0.545. The number of nitrogens with zero attached hydrogens (tertiary/aromatic N) is 7. The van der Waals surface area contributed by atoms with Crippen molar-refractivity contribution in [3.05, 3.63) is 59.0 Å². The number of amides is 1. The molecule has 1 atom stereocenters. The average molecular weight is 686 g/mol. The van der Waals surface area contributed by atoms with E-state index in [0.29, 0.717) is 40.8 Å². The van der Waals surface area contributed by atoms with Crippen molar-refractivity contribution in [2.75, 3.05) is 19.7 Å². The Morgan fingerprint density at radius 3 is 2.45 bits per heavy atom. The Kier molecular flexibility index (Phi) is 9.73. The van der Waals surface area contributed by atoms with Gasteiger partial charge in [0.25, 0.3) is 0 Å². The number of pyridine rings is 2. The lowest BCUT2D eigenvalue weighted by Gasteiger charge is -2.37. The summed E-state index contributed by atoms with van der Waals surface area (Å²) in [7, 11) is -2.16. The first kappa shape index (κ1) is 34.8. The molecule has 4 aromatic heterocycles. The SMILES string of the molecule is Cc1c(-c2cc(OC(CO[Si](C)(C)C(C)(C)C)c3ccc(F)cn3)c3c(Cl)cnn3c2)nnn1C1CCN(C(=O)OC(C)(C)C)CC1. The van der Waals surface area contributed by atoms with Gasteiger partial charge in [0.05, 0.1) is 41.5 Å². The molecule has 14 heteroatoms. The van der Waals surface area contributed by atoms with E-state index in [2.05, 4.69) is 54.3 Å². The third-order valence-corrected chi connectivity index (χ3v) is 13.7. The largest absolute Gasteiger partial charge is 0.479 e. The van der Waals surface area contributed by atoms with Crippen LogP contribution in [0.2, 0.25) is 23.2 Å². The number of likely N-dealkylation sites (tertiary alicyclic amines) is 1. The number of hydrogen-bond donors (Lipinski definition) is 0. The highest BCUT2D eigenvalue weighted by atomic mass is 35.5. The van der Waals surface area contributed by atoms with Gasteiger partial charge in [0.2, 0.25) is 0 Å². The summed E-state index contributed by atoms with van der Waals surface area (Å²) in [6, 6.07) is 4.92. The molecule has 11 nitrogen and oxygen atoms in total. The zero-order chi connectivity index (χ0) is 34.3. The van der Waals surface area contributed by atoms with E-state index in [1.807, 2.05) is 44.6 Å². The van der Waals surface area contributed by atoms with E-state index >= 15 is 0 Å². The van der Waals surface area contributed by atoms with Gasteiger partial charge in [-0.25, -0.2) is 18.4 Å². The molecule has 1 unspecified atom stereocenters. The average Bonchev–Trinajstić information content (AvgIpc) is 3.56. The molecule has 0 radical (unpaired) electrons. The van der Waals surface area contributed by atoms with E-state index < -0.39 is 25.8 Å². The molecule has 0 aliphatic carbocycles. The predicted molar refractivity (Wildman–Crippen MR) is 181 cm³/mol. The molecule has 0 N–H and O–H groups in total. The molecule has 0 aromatic carbocycles. The normalized spacial score (nSPS) is 15.7. The van der Waals surface area contributed by atoms with Crippen LogP contribution in [0.1, 0.15) is 77.9 Å². The Balaban J connectivity index is 1.43. The van der Waals surface area contributed by atoms with Crippen LogP contribution in [-0.2, 0) is 9.16 Å². The van der Waals surface area contributed by atoms with E-state index in [9.17, 15) is 9.18 Å². The van der Waals surface area contributed by atoms with Gasteiger partial charge >= 0.3 is 6.09 Å². The van der Waals surface area contributed by atoms with E-state index in [4.69, 9.17) is 25.5 Å². The standard InChI is InChI=1S/C33H45ClFN7O4Si/c1-21-29(38-39-42(21)24-12-14-40(15-13-24)31(43)46-32(2,3)4)22-16-27(30-25(34)18-37-41(30)19-22)45-28(26-11-10-23(35)17-36-26)20-44-47(8,9)33(5,6)7/h10-11,16-19,24,28H,12-15,20H2,1-9H3. The zero-order valence-corrected chi connectivity index (χ0v) is 30.4. The van der Waals surface area contributed by atoms with Gasteiger partial charge in [0.15, 0.2) is 14.4 Å². The third-order valence-electron chi connectivity index (χ3n) is 8.95. The molecule has 1 aliphatic heterocycles. The molecule has 254 valence electrons. The summed E-state index contributed by atoms with van der Waals surface area (Å²) < 4.78 is 36.2. The van der Waals surface area contributed by atoms with Crippen molar-refractivity contribution in [1.82, 2.24) is 34.5 Å². The summed E-state index contributed by atoms with van der Waals surface area (Å²) in [6.07, 6.45) is 5.09. The number of rotatable bonds is 8. The molecular weight excluding hydrogens is 641 g/mol. The second-order valence-electron chi connectivity index (χ2n) is 14.6. The Hall–Kier alpha value is -3.55. The summed E-state index contributed by atoms with van der Waals surface area (Å²) in [4.78, 5) is 18.7. The number of halogens is 2. The summed E-state index contributed by atoms with van der Waals surface area (Å²) in [6.45, 7) is 19.8. The highest BCUT2D eigenvalue weighted by molar-refractivity contribution is 6.74. The maximum atomic E-state index is 13.9. The second-order valence-corrected chi connectivity index (χ2v) is 19.8. The lowest BCUT2D eigenvalue weighted by atomic mass is 10.0. The molecule has 47 heavy (non-hydrogen) atoms. The lowest BCUT2D eigenvalue weighted by Crippen LogP contribution is -2.42. The molecule has 0 bridgehead atoms. The number of carbonyl (C=O) groups is 1. The number of fused-ring (bicyclic) bond motifs is 1. The Morgan fingerprint density at radius 1 is 1.13 bits per heavy atom. The van der Waals surface area contributed by atoms with Gasteiger partial charge in [-0.1, -0.05) is 37.6 Å². The van der Waals surface area contributed by atoms with Crippen molar-refractivity contribution in [2.24, 2.45) is 0 Å². The Labute approximate surface area is 281 Å². The molecule has 0 saturated carbocycles. The minimum absolute atomic E-state index is 0.0224. The molecule has 1 aliphatic rings. The van der Waals surface area contributed by atoms with Gasteiger partial charge < -0.3 is 18.8 Å². The van der Waals surface area contributed by atoms with E-state index in [-0.39, 0.29) is 23.8 Å². The van der Waals surface area contributed by atoms with E-state index in [1.54, 1.807) is 21.7 Å². The number of carbonyl (C=O) groups excluding carboxylic acids is 1. The fourth-order valence-electron chi connectivity index (χ4n) is 5.25. The Morgan fingerprint density at radius 2 is 1.83 bits per heavy atom. The van der Waals surface area contributed by atoms with Crippen molar-refractivity contribution in [3.63, 3.8) is 0 Å². The van der Waals surface area contributed by atoms with Crippen LogP contribution in [0.5, 0.6) is 5.75 Å². The van der Waals surface area contributed by atoms with Crippen LogP contribution in [0.4, 0.5) is 9.18 Å². The van der Waals surface area contributed by atoms with Gasteiger partial charge in [-0.15, -0.1) is 5.10 Å². The number of aromatic nitrogens is 6. The van der Waals surface area contributed by atoms with Crippen LogP contribution in [0.25, 0.3) is 16.8 Å². The monoisotopic (exact) mass is 685 g/mol. The summed E-state index contributed by atoms with van der Waals surface area (Å²) >= 11 is 6.62. The van der Waals surface area contributed by atoms with Gasteiger partial charge in [0.1, 0.15) is 28.4 Å². The Bertz CT molecular complexity index is 1720. The maximum absolute atomic E-state index is 13.9. The molecule has 0 spiro atoms. The first-order chi connectivity index (χ1) is 21.9. The molecule has 1 amide bonds. The second kappa shape index (κ2) is 13.2. The van der Waals surface area contributed by atoms with Gasteiger partial charge in [-0.05, 0) is 76.9 Å². The summed E-state index contributed by atoms with van der Waals surface area (Å²) in [5.41, 5.74) is 2.85. The number of hydrogen-bond acceptors (Lipinski definition) is 8. The molecule has 1 saturated heterocycles. The molecular formula is C33H45ClFN7O4Si. The summed E-state index contributed by atoms with van der Waals surface area (Å²) in [5, 5.41) is 14.0. The van der Waals surface area contributed by atoms with Crippen LogP contribution in [0.3, 0.4) is 0 Å². The topological polar surface area (TPSA) is 109 Å². The highest BCUT2D eigenvalue weighted by Crippen LogP contribution is 2.39. The molecule has 5 rings (SSSR count). The zero-order valence-electron chi connectivity index (χ0n) is 28.7. The van der Waals surface area contributed by atoms with E-state index in [1.165, 1.54) is 12.3 Å². The lowest BCUT2D eigenvalue weighted by molar-refractivity contribution is 0.0183. The summed E-state index contributed by atoms with van der Waals surface area (Å²) in [5.74, 6) is 0.0229. The highest BCUT2D eigenvalue weighted by Gasteiger charge is 2.38. The fourth-order valence-corrected chi connectivity index (χ4v) is 6.48. The number of piperidine rings is 1. The first-order valence-corrected chi connectivity index (χ1v) is 19.2. The molecule has 5 heterocycles. The molecule has 1 fully saturated rings. The van der Waals surface area contributed by atoms with Crippen molar-refractivity contribution in [3.8, 4) is 17.0 Å². The van der Waals surface area contributed by atoms with Crippen LogP contribution in [-0.4, -0.2) is 74.2 Å². The third kappa shape index (κ3) is 7.78. The minimum Gasteiger partial charge on any atom is -0.479 e. The molecule has 4 aromatic rings. The van der Waals surface area contributed by atoms with Crippen LogP contribution in [0.15, 0.2) is 36.8 Å². The number of ether oxygens (including phenoxy) is 2. The maximum Gasteiger partial charge on any atom is 0.410 e. The van der Waals surface area contributed by atoms with Crippen molar-refractivity contribution in [1.29, 1.82) is 0 Å². The van der Waals surface area contributed by atoms with Gasteiger partial charge in [0, 0.05) is 24.8 Å². The van der Waals surface area contributed by atoms with Gasteiger partial charge in [-0.3, -0.25) is 4.98 Å². The van der Waals surface area contributed by atoms with Gasteiger partial charge in [-0.2, -0.15) is 5.10 Å². The van der Waals surface area contributed by atoms with Crippen molar-refractivity contribution < 1.29 is 23.1 Å². The van der Waals surface area contributed by atoms with Crippen molar-refractivity contribution >= 4 is 31.5 Å². The smallest absolute Gasteiger partial charge is 0.410 e. The minimum atomic E-state index is -2.16. The van der Waals surface area contributed by atoms with E-state index in [0.717, 1.165) is 24.1 Å². The first-order valence-electron chi connectivity index (χ1n) is 15.9. The van der Waals surface area contributed by atoms with Crippen LogP contribution < -0.4 is 4.74 Å².